The van der Waals surface area contributed by atoms with Gasteiger partial charge >= 0.3 is 95.4 Å². The summed E-state index contributed by atoms with van der Waals surface area (Å²) in [5, 5.41) is 24.2. The van der Waals surface area contributed by atoms with Crippen LogP contribution in [-0.2, 0) is 20.4 Å². The van der Waals surface area contributed by atoms with Crippen LogP contribution in [0.1, 0.15) is 56.9 Å². The van der Waals surface area contributed by atoms with Gasteiger partial charge in [-0.05, 0) is 41.5 Å². The Kier molecular flexibility index (Phi) is 12.7. The van der Waals surface area contributed by atoms with E-state index in [0.717, 1.165) is 0 Å². The summed E-state index contributed by atoms with van der Waals surface area (Å²) in [5.41, 5.74) is 5.76. The van der Waals surface area contributed by atoms with Crippen LogP contribution in [0.3, 0.4) is 0 Å². The topological polar surface area (TPSA) is 60.7 Å². The van der Waals surface area contributed by atoms with Gasteiger partial charge in [-0.15, -0.1) is 0 Å². The fraction of sp³-hybridized carbons (Fsp3) is 0.455. The average molecular weight is 393 g/mol. The minimum absolute atomic E-state index is 0.167. The summed E-state index contributed by atoms with van der Waals surface area (Å²) < 4.78 is 0.558. The normalized spacial score (nSPS) is 11.5. The standard InChI is InChI=1S/C13H9.3C3H8O.Ti/c1-3-7-12-10(5-1)9-11-6-2-4-8-13(11)12;3*1-3(2)4;/h1-9H;3*3-4H,1-2H3;. The summed E-state index contributed by atoms with van der Waals surface area (Å²) >= 11 is 2.28. The molecule has 2 aromatic rings. The van der Waals surface area contributed by atoms with Crippen LogP contribution in [0.4, 0.5) is 0 Å². The second-order valence-corrected chi connectivity index (χ2v) is 7.79. The number of hydrogen-bond donors (Lipinski definition) is 3. The van der Waals surface area contributed by atoms with E-state index in [-0.39, 0.29) is 18.3 Å². The van der Waals surface area contributed by atoms with E-state index in [1.165, 1.54) is 22.3 Å². The van der Waals surface area contributed by atoms with Crippen molar-refractivity contribution in [2.45, 2.75) is 64.1 Å². The van der Waals surface area contributed by atoms with Crippen molar-refractivity contribution in [1.82, 2.24) is 0 Å². The van der Waals surface area contributed by atoms with Crippen LogP contribution in [-0.4, -0.2) is 33.6 Å². The predicted molar refractivity (Wildman–Crippen MR) is 106 cm³/mol. The van der Waals surface area contributed by atoms with Crippen LogP contribution in [0, 0.1) is 0 Å². The molecule has 0 aliphatic heterocycles. The first-order chi connectivity index (χ1) is 12.1. The molecular formula is C22H33O3Ti. The van der Waals surface area contributed by atoms with Crippen LogP contribution in [0.25, 0.3) is 11.1 Å². The van der Waals surface area contributed by atoms with Crippen LogP contribution in [0.15, 0.2) is 48.5 Å². The van der Waals surface area contributed by atoms with Gasteiger partial charge in [0.15, 0.2) is 0 Å². The van der Waals surface area contributed by atoms with Gasteiger partial charge in [-0.25, -0.2) is 0 Å². The summed E-state index contributed by atoms with van der Waals surface area (Å²) in [6.07, 6.45) is -0.500. The molecule has 143 valence electrons. The molecule has 0 spiro atoms. The third-order valence-corrected chi connectivity index (χ3v) is 3.81. The van der Waals surface area contributed by atoms with E-state index in [0.29, 0.717) is 4.22 Å². The van der Waals surface area contributed by atoms with Crippen molar-refractivity contribution >= 4 is 0 Å². The van der Waals surface area contributed by atoms with Gasteiger partial charge in [0.25, 0.3) is 0 Å². The van der Waals surface area contributed by atoms with Gasteiger partial charge in [0.2, 0.25) is 0 Å². The maximum absolute atomic E-state index is 8.06. The van der Waals surface area contributed by atoms with E-state index in [1.54, 1.807) is 41.5 Å². The summed E-state index contributed by atoms with van der Waals surface area (Å²) in [4.78, 5) is 0. The molecule has 0 amide bonds. The summed E-state index contributed by atoms with van der Waals surface area (Å²) in [6.45, 7) is 10.3. The van der Waals surface area contributed by atoms with E-state index in [4.69, 9.17) is 15.3 Å². The first-order valence-corrected chi connectivity index (χ1v) is 9.91. The molecule has 0 aromatic heterocycles. The molecule has 0 atom stereocenters. The van der Waals surface area contributed by atoms with Crippen molar-refractivity contribution in [2.75, 3.05) is 0 Å². The molecule has 1 aliphatic carbocycles. The van der Waals surface area contributed by atoms with E-state index in [9.17, 15) is 0 Å². The van der Waals surface area contributed by atoms with E-state index in [1.807, 2.05) is 0 Å². The van der Waals surface area contributed by atoms with Gasteiger partial charge in [-0.3, -0.25) is 0 Å². The maximum atomic E-state index is 8.06. The molecule has 3 rings (SSSR count). The number of benzene rings is 2. The molecule has 0 saturated heterocycles. The Labute approximate surface area is 170 Å². The minimum atomic E-state index is -0.167. The van der Waals surface area contributed by atoms with E-state index in [2.05, 4.69) is 69.0 Å². The molecule has 3 N–H and O–H groups in total. The number of aliphatic hydroxyl groups is 3. The van der Waals surface area contributed by atoms with Gasteiger partial charge in [0.05, 0.1) is 0 Å². The molecule has 0 bridgehead atoms. The van der Waals surface area contributed by atoms with Gasteiger partial charge in [-0.2, -0.15) is 0 Å². The number of hydrogen-bond acceptors (Lipinski definition) is 3. The number of fused-ring (bicyclic) bond motifs is 3. The van der Waals surface area contributed by atoms with Crippen LogP contribution < -0.4 is 0 Å². The Morgan fingerprint density at radius 3 is 1.12 bits per heavy atom. The van der Waals surface area contributed by atoms with Crippen molar-refractivity contribution in [2.24, 2.45) is 0 Å². The summed E-state index contributed by atoms with van der Waals surface area (Å²) in [6, 6.07) is 17.4. The Balaban J connectivity index is 0.000000436. The number of aliphatic hydroxyl groups excluding tert-OH is 3. The van der Waals surface area contributed by atoms with Crippen molar-refractivity contribution in [3.8, 4) is 11.1 Å². The summed E-state index contributed by atoms with van der Waals surface area (Å²) in [7, 11) is 0. The second-order valence-electron chi connectivity index (χ2n) is 6.89. The molecule has 26 heavy (non-hydrogen) atoms. The molecule has 0 saturated carbocycles. The first-order valence-electron chi connectivity index (χ1n) is 9.01. The quantitative estimate of drug-likeness (QED) is 0.579. The van der Waals surface area contributed by atoms with Crippen LogP contribution >= 0.6 is 0 Å². The Morgan fingerprint density at radius 2 is 0.846 bits per heavy atom. The third-order valence-electron chi connectivity index (χ3n) is 2.83. The molecule has 2 aromatic carbocycles. The van der Waals surface area contributed by atoms with Crippen molar-refractivity contribution in [1.29, 1.82) is 0 Å². The molecule has 0 unspecified atom stereocenters. The molecule has 0 fully saturated rings. The van der Waals surface area contributed by atoms with E-state index < -0.39 is 0 Å². The van der Waals surface area contributed by atoms with Gasteiger partial charge in [0, 0.05) is 18.3 Å². The van der Waals surface area contributed by atoms with Crippen molar-refractivity contribution < 1.29 is 35.8 Å². The molecule has 4 heteroatoms. The zero-order valence-corrected chi connectivity index (χ0v) is 18.3. The van der Waals surface area contributed by atoms with Crippen LogP contribution in [0.2, 0.25) is 0 Å². The number of rotatable bonds is 0. The van der Waals surface area contributed by atoms with E-state index >= 15 is 0 Å². The average Bonchev–Trinajstić information content (AvgIpc) is 2.80. The van der Waals surface area contributed by atoms with Crippen LogP contribution in [0.5, 0.6) is 0 Å². The fourth-order valence-electron chi connectivity index (χ4n) is 2.16. The van der Waals surface area contributed by atoms with Crippen molar-refractivity contribution in [3.05, 3.63) is 59.7 Å². The third kappa shape index (κ3) is 10.2. The monoisotopic (exact) mass is 393 g/mol. The Morgan fingerprint density at radius 1 is 0.615 bits per heavy atom. The molecule has 3 nitrogen and oxygen atoms in total. The first kappa shape index (κ1) is 25.0. The molecule has 0 radical (unpaired) electrons. The Bertz CT molecular complexity index is 556. The summed E-state index contributed by atoms with van der Waals surface area (Å²) in [5.74, 6) is 0. The Hall–Kier alpha value is -0.966. The van der Waals surface area contributed by atoms with Gasteiger partial charge in [0.1, 0.15) is 0 Å². The van der Waals surface area contributed by atoms with Gasteiger partial charge in [-0.1, -0.05) is 0 Å². The van der Waals surface area contributed by atoms with Crippen molar-refractivity contribution in [3.63, 3.8) is 0 Å². The zero-order chi connectivity index (χ0) is 20.3. The SMILES string of the molecule is CC(C)O.CC(C)O.CC(C)O.[Ti][CH]1c2ccccc2-c2ccccc21. The fourth-order valence-corrected chi connectivity index (χ4v) is 2.94. The second kappa shape index (κ2) is 13.2. The van der Waals surface area contributed by atoms with Gasteiger partial charge < -0.3 is 15.3 Å². The molecule has 0 heterocycles. The zero-order valence-electron chi connectivity index (χ0n) is 16.8. The molecule has 1 aliphatic rings. The molecular weight excluding hydrogens is 360 g/mol. The predicted octanol–water partition coefficient (Wildman–Crippen LogP) is 4.46.